The van der Waals surface area contributed by atoms with Crippen LogP contribution in [-0.4, -0.2) is 78.9 Å². The zero-order valence-electron chi connectivity index (χ0n) is 10.8. The lowest BCUT2D eigenvalue weighted by molar-refractivity contribution is -0.662. The summed E-state index contributed by atoms with van der Waals surface area (Å²) < 4.78 is 0. The van der Waals surface area contributed by atoms with Crippen LogP contribution >= 0.6 is 0 Å². The van der Waals surface area contributed by atoms with Crippen molar-refractivity contribution in [3.8, 4) is 0 Å². The van der Waals surface area contributed by atoms with Crippen LogP contribution in [0.5, 0.6) is 0 Å². The minimum Gasteiger partial charge on any atom is -0.343 e. The zero-order chi connectivity index (χ0) is 13.3. The molecule has 0 aromatic carbocycles. The summed E-state index contributed by atoms with van der Waals surface area (Å²) in [7, 11) is 3.01. The summed E-state index contributed by atoms with van der Waals surface area (Å²) in [6.07, 6.45) is 0.0887. The van der Waals surface area contributed by atoms with Gasteiger partial charge in [0.1, 0.15) is 6.04 Å². The molecular formula is C11H19N4O3+. The predicted octanol–water partition coefficient (Wildman–Crippen LogP) is -2.33. The molecule has 0 aromatic rings. The summed E-state index contributed by atoms with van der Waals surface area (Å²) in [4.78, 5) is 39.7. The summed E-state index contributed by atoms with van der Waals surface area (Å²) in [5.41, 5.74) is 0. The highest BCUT2D eigenvalue weighted by Gasteiger charge is 2.42. The van der Waals surface area contributed by atoms with Crippen LogP contribution in [0.25, 0.3) is 0 Å². The van der Waals surface area contributed by atoms with Crippen molar-refractivity contribution in [3.05, 3.63) is 0 Å². The second-order valence-electron chi connectivity index (χ2n) is 4.76. The third-order valence-corrected chi connectivity index (χ3v) is 3.60. The normalized spacial score (nSPS) is 25.0. The van der Waals surface area contributed by atoms with Gasteiger partial charge < -0.3 is 15.1 Å². The number of nitrogens with two attached hydrogens (primary N) is 1. The average Bonchev–Trinajstić information content (AvgIpc) is 2.57. The number of carbonyl (C=O) groups excluding carboxylic acids is 3. The van der Waals surface area contributed by atoms with Gasteiger partial charge >= 0.3 is 6.03 Å². The van der Waals surface area contributed by atoms with E-state index in [-0.39, 0.29) is 24.3 Å². The summed E-state index contributed by atoms with van der Waals surface area (Å²) in [6.45, 7) is 3.23. The predicted molar refractivity (Wildman–Crippen MR) is 62.6 cm³/mol. The molecule has 18 heavy (non-hydrogen) atoms. The van der Waals surface area contributed by atoms with Crippen LogP contribution in [-0.2, 0) is 9.59 Å². The van der Waals surface area contributed by atoms with E-state index in [1.165, 1.54) is 11.9 Å². The van der Waals surface area contributed by atoms with E-state index in [1.54, 1.807) is 11.9 Å². The van der Waals surface area contributed by atoms with Crippen molar-refractivity contribution in [2.75, 3.05) is 40.3 Å². The summed E-state index contributed by atoms with van der Waals surface area (Å²) in [6, 6.07) is -0.981. The standard InChI is InChI=1S/C11H18N4O3/c1-13-8(10(17)14(2)11(13)18)7-9(16)15-5-3-12-4-6-15/h8,12H,3-7H2,1-2H3/p+1/t8-/m1/s1. The molecule has 4 amide bonds. The van der Waals surface area contributed by atoms with E-state index in [4.69, 9.17) is 0 Å². The van der Waals surface area contributed by atoms with Gasteiger partial charge in [0.25, 0.3) is 5.91 Å². The molecule has 0 radical (unpaired) electrons. The average molecular weight is 255 g/mol. The van der Waals surface area contributed by atoms with Gasteiger partial charge in [0.2, 0.25) is 5.91 Å². The molecule has 2 N–H and O–H groups in total. The van der Waals surface area contributed by atoms with Gasteiger partial charge in [0.15, 0.2) is 0 Å². The molecular weight excluding hydrogens is 236 g/mol. The number of nitrogens with zero attached hydrogens (tertiary/aromatic N) is 3. The molecule has 0 aliphatic carbocycles. The minimum absolute atomic E-state index is 0.0450. The second kappa shape index (κ2) is 4.93. The second-order valence-corrected chi connectivity index (χ2v) is 4.76. The maximum atomic E-state index is 12.1. The van der Waals surface area contributed by atoms with Crippen LogP contribution in [0.15, 0.2) is 0 Å². The largest absolute Gasteiger partial charge is 0.343 e. The number of piperazine rings is 1. The van der Waals surface area contributed by atoms with Crippen molar-refractivity contribution in [2.45, 2.75) is 12.5 Å². The highest BCUT2D eigenvalue weighted by molar-refractivity contribution is 6.05. The van der Waals surface area contributed by atoms with Gasteiger partial charge in [-0.15, -0.1) is 0 Å². The minimum atomic E-state index is -0.638. The zero-order valence-corrected chi connectivity index (χ0v) is 10.8. The SMILES string of the molecule is CN1C(=O)[C@@H](CC(=O)N2CC[NH2+]CC2)N(C)C1=O. The van der Waals surface area contributed by atoms with Crippen LogP contribution in [0.2, 0.25) is 0 Å². The fourth-order valence-corrected chi connectivity index (χ4v) is 2.37. The van der Waals surface area contributed by atoms with Gasteiger partial charge in [0, 0.05) is 14.1 Å². The molecule has 1 atom stereocenters. The fourth-order valence-electron chi connectivity index (χ4n) is 2.37. The van der Waals surface area contributed by atoms with Gasteiger partial charge in [-0.05, 0) is 0 Å². The maximum absolute atomic E-state index is 12.1. The Morgan fingerprint density at radius 3 is 2.39 bits per heavy atom. The van der Waals surface area contributed by atoms with Gasteiger partial charge in [-0.1, -0.05) is 0 Å². The Hall–Kier alpha value is -1.63. The molecule has 2 heterocycles. The molecule has 0 bridgehead atoms. The van der Waals surface area contributed by atoms with Crippen LogP contribution in [0.4, 0.5) is 4.79 Å². The van der Waals surface area contributed by atoms with Crippen LogP contribution in [0, 0.1) is 0 Å². The molecule has 100 valence electrons. The van der Waals surface area contributed by atoms with E-state index < -0.39 is 6.04 Å². The van der Waals surface area contributed by atoms with Gasteiger partial charge in [-0.3, -0.25) is 14.5 Å². The molecule has 2 aliphatic heterocycles. The van der Waals surface area contributed by atoms with Gasteiger partial charge in [0.05, 0.1) is 32.6 Å². The third-order valence-electron chi connectivity index (χ3n) is 3.60. The number of rotatable bonds is 2. The number of urea groups is 1. The van der Waals surface area contributed by atoms with Crippen LogP contribution in [0.3, 0.4) is 0 Å². The fraction of sp³-hybridized carbons (Fsp3) is 0.727. The van der Waals surface area contributed by atoms with E-state index >= 15 is 0 Å². The molecule has 0 spiro atoms. The lowest BCUT2D eigenvalue weighted by Crippen LogP contribution is -2.89. The van der Waals surface area contributed by atoms with Crippen molar-refractivity contribution in [1.82, 2.24) is 14.7 Å². The maximum Gasteiger partial charge on any atom is 0.326 e. The Bertz CT molecular complexity index is 378. The molecule has 2 saturated heterocycles. The smallest absolute Gasteiger partial charge is 0.326 e. The number of imide groups is 1. The van der Waals surface area contributed by atoms with E-state index in [2.05, 4.69) is 5.32 Å². The quantitative estimate of drug-likeness (QED) is 0.562. The molecule has 7 nitrogen and oxygen atoms in total. The number of likely N-dealkylation sites (N-methyl/N-ethyl adjacent to an activating group) is 2. The molecule has 2 aliphatic rings. The molecule has 2 fully saturated rings. The van der Waals surface area contributed by atoms with E-state index in [1.807, 2.05) is 0 Å². The number of hydrogen-bond donors (Lipinski definition) is 1. The molecule has 0 saturated carbocycles. The lowest BCUT2D eigenvalue weighted by Gasteiger charge is -2.27. The first-order chi connectivity index (χ1) is 8.52. The number of carbonyl (C=O) groups is 3. The van der Waals surface area contributed by atoms with Crippen molar-refractivity contribution >= 4 is 17.8 Å². The third kappa shape index (κ3) is 2.17. The van der Waals surface area contributed by atoms with Crippen molar-refractivity contribution < 1.29 is 19.7 Å². The molecule has 0 unspecified atom stereocenters. The summed E-state index contributed by atoms with van der Waals surface area (Å²) >= 11 is 0. The number of quaternary nitrogens is 1. The Labute approximate surface area is 106 Å². The summed E-state index contributed by atoms with van der Waals surface area (Å²) in [5, 5.41) is 2.16. The van der Waals surface area contributed by atoms with Crippen molar-refractivity contribution in [2.24, 2.45) is 0 Å². The van der Waals surface area contributed by atoms with Crippen molar-refractivity contribution in [1.29, 1.82) is 0 Å². The Morgan fingerprint density at radius 2 is 1.89 bits per heavy atom. The van der Waals surface area contributed by atoms with Crippen LogP contribution in [0.1, 0.15) is 6.42 Å². The molecule has 0 aromatic heterocycles. The Balaban J connectivity index is 1.98. The van der Waals surface area contributed by atoms with E-state index in [0.29, 0.717) is 13.1 Å². The number of hydrogen-bond acceptors (Lipinski definition) is 3. The lowest BCUT2D eigenvalue weighted by atomic mass is 10.1. The van der Waals surface area contributed by atoms with Gasteiger partial charge in [-0.2, -0.15) is 0 Å². The highest BCUT2D eigenvalue weighted by atomic mass is 16.2. The molecule has 7 heteroatoms. The van der Waals surface area contributed by atoms with Crippen molar-refractivity contribution in [3.63, 3.8) is 0 Å². The Kier molecular flexibility index (Phi) is 3.51. The first-order valence-corrected chi connectivity index (χ1v) is 6.16. The summed E-state index contributed by atoms with van der Waals surface area (Å²) in [5.74, 6) is -0.337. The topological polar surface area (TPSA) is 77.5 Å². The monoisotopic (exact) mass is 255 g/mol. The first kappa shape index (κ1) is 12.8. The Morgan fingerprint density at radius 1 is 1.28 bits per heavy atom. The first-order valence-electron chi connectivity index (χ1n) is 6.16. The van der Waals surface area contributed by atoms with E-state index in [0.717, 1.165) is 18.0 Å². The van der Waals surface area contributed by atoms with E-state index in [9.17, 15) is 14.4 Å². The molecule has 2 rings (SSSR count). The van der Waals surface area contributed by atoms with Crippen LogP contribution < -0.4 is 5.32 Å². The highest BCUT2D eigenvalue weighted by Crippen LogP contribution is 2.17. The van der Waals surface area contributed by atoms with Gasteiger partial charge in [-0.25, -0.2) is 4.79 Å². The number of amides is 4.